The summed E-state index contributed by atoms with van der Waals surface area (Å²) in [6, 6.07) is 7.63. The van der Waals surface area contributed by atoms with E-state index in [0.29, 0.717) is 16.9 Å². The van der Waals surface area contributed by atoms with Crippen molar-refractivity contribution in [1.29, 1.82) is 0 Å². The van der Waals surface area contributed by atoms with Crippen LogP contribution in [0, 0.1) is 40.9 Å². The van der Waals surface area contributed by atoms with Crippen LogP contribution in [0.3, 0.4) is 0 Å². The number of aliphatic hydroxyl groups is 1. The van der Waals surface area contributed by atoms with Gasteiger partial charge in [0.2, 0.25) is 0 Å². The molecule has 0 heterocycles. The van der Waals surface area contributed by atoms with E-state index >= 15 is 0 Å². The number of rotatable bonds is 4. The maximum Gasteiger partial charge on any atom is 0.251 e. The average Bonchev–Trinajstić information content (AvgIpc) is 3.15. The lowest BCUT2D eigenvalue weighted by Crippen LogP contribution is -2.52. The lowest BCUT2D eigenvalue weighted by Gasteiger charge is -2.57. The Kier molecular flexibility index (Phi) is 6.04. The Morgan fingerprint density at radius 2 is 1.85 bits per heavy atom. The maximum atomic E-state index is 13.0. The molecule has 0 aliphatic heterocycles. The quantitative estimate of drug-likeness (QED) is 0.603. The predicted octanol–water partition coefficient (Wildman–Crippen LogP) is 5.83. The highest BCUT2D eigenvalue weighted by molar-refractivity contribution is 5.94. The van der Waals surface area contributed by atoms with Crippen LogP contribution in [-0.2, 0) is 0 Å². The molecule has 0 radical (unpaired) electrons. The van der Waals surface area contributed by atoms with Gasteiger partial charge >= 0.3 is 0 Å². The zero-order valence-electron chi connectivity index (χ0n) is 21.0. The van der Waals surface area contributed by atoms with Gasteiger partial charge in [-0.2, -0.15) is 0 Å². The molecule has 5 rings (SSSR count). The summed E-state index contributed by atoms with van der Waals surface area (Å²) in [4.78, 5) is 13.0. The summed E-state index contributed by atoms with van der Waals surface area (Å²) < 4.78 is 5.30. The molecule has 0 unspecified atom stereocenters. The highest BCUT2D eigenvalue weighted by Crippen LogP contribution is 2.65. The van der Waals surface area contributed by atoms with Gasteiger partial charge in [0.25, 0.3) is 5.91 Å². The van der Waals surface area contributed by atoms with Crippen molar-refractivity contribution in [2.24, 2.45) is 40.9 Å². The molecule has 4 fully saturated rings. The summed E-state index contributed by atoms with van der Waals surface area (Å²) in [7, 11) is 1.64. The normalized spacial score (nSPS) is 43.1. The van der Waals surface area contributed by atoms with Crippen LogP contribution in [0.4, 0.5) is 0 Å². The van der Waals surface area contributed by atoms with Crippen LogP contribution in [0.5, 0.6) is 5.75 Å². The lowest BCUT2D eigenvalue weighted by atomic mass is 9.49. The molecule has 9 atom stereocenters. The van der Waals surface area contributed by atoms with Gasteiger partial charge in [0.15, 0.2) is 0 Å². The first kappa shape index (κ1) is 23.2. The number of hydrogen-bond donors (Lipinski definition) is 2. The molecule has 0 spiro atoms. The van der Waals surface area contributed by atoms with E-state index in [1.807, 2.05) is 24.3 Å². The summed E-state index contributed by atoms with van der Waals surface area (Å²) >= 11 is 0. The van der Waals surface area contributed by atoms with Crippen molar-refractivity contribution in [1.82, 2.24) is 5.32 Å². The summed E-state index contributed by atoms with van der Waals surface area (Å²) in [5.74, 6) is 5.34. The number of ether oxygens (including phenoxy) is 1. The summed E-state index contributed by atoms with van der Waals surface area (Å²) in [6.45, 7) is 6.82. The van der Waals surface area contributed by atoms with Crippen molar-refractivity contribution in [3.05, 3.63) is 29.8 Å². The van der Waals surface area contributed by atoms with E-state index in [1.165, 1.54) is 44.9 Å². The standard InChI is InChI=1S/C29H43NO3/c1-18(30-27(31)19-6-5-7-21(16-19)33-4)25-10-11-26-24-9-8-20-17-28(2,32)14-12-22(20)23(24)13-15-29(25,26)3/h5-7,16,18,20,22-26,32H,8-15,17H2,1-4H3,(H,30,31)/t18-,20-,22+,23-,24-,25-,26+,28-,29-/m1/s1. The molecule has 2 N–H and O–H groups in total. The molecule has 4 aliphatic rings. The third-order valence-electron chi connectivity index (χ3n) is 10.6. The van der Waals surface area contributed by atoms with Gasteiger partial charge in [-0.05, 0) is 131 Å². The summed E-state index contributed by atoms with van der Waals surface area (Å²) in [5, 5.41) is 14.0. The number of nitrogens with one attached hydrogen (secondary N) is 1. The SMILES string of the molecule is COc1cccc(C(=O)N[C@H](C)[C@H]2CC[C@H]3[C@@H]4CC[C@@H]5C[C@](C)(O)CC[C@@H]5[C@H]4CC[C@]23C)c1. The van der Waals surface area contributed by atoms with Crippen LogP contribution in [0.25, 0.3) is 0 Å². The second-order valence-corrected chi connectivity index (χ2v) is 12.4. The minimum atomic E-state index is -0.438. The van der Waals surface area contributed by atoms with Crippen LogP contribution < -0.4 is 10.1 Å². The molecule has 0 bridgehead atoms. The second kappa shape index (κ2) is 8.59. The van der Waals surface area contributed by atoms with Crippen molar-refractivity contribution < 1.29 is 14.6 Å². The van der Waals surface area contributed by atoms with Crippen LogP contribution in [-0.4, -0.2) is 29.8 Å². The van der Waals surface area contributed by atoms with Gasteiger partial charge in [0.1, 0.15) is 5.75 Å². The number of carbonyl (C=O) groups is 1. The van der Waals surface area contributed by atoms with Gasteiger partial charge in [-0.1, -0.05) is 13.0 Å². The molecule has 0 aromatic heterocycles. The van der Waals surface area contributed by atoms with E-state index in [9.17, 15) is 9.90 Å². The minimum absolute atomic E-state index is 0.0110. The van der Waals surface area contributed by atoms with Crippen molar-refractivity contribution in [3.8, 4) is 5.75 Å². The number of carbonyl (C=O) groups excluding carboxylic acids is 1. The van der Waals surface area contributed by atoms with Crippen molar-refractivity contribution in [2.45, 2.75) is 90.2 Å². The molecule has 4 saturated carbocycles. The minimum Gasteiger partial charge on any atom is -0.497 e. The Balaban J connectivity index is 1.27. The zero-order valence-corrected chi connectivity index (χ0v) is 21.0. The summed E-state index contributed by atoms with van der Waals surface area (Å²) in [6.07, 6.45) is 11.0. The average molecular weight is 454 g/mol. The number of amides is 1. The zero-order chi connectivity index (χ0) is 23.4. The first-order valence-electron chi connectivity index (χ1n) is 13.4. The second-order valence-electron chi connectivity index (χ2n) is 12.4. The van der Waals surface area contributed by atoms with Crippen molar-refractivity contribution in [3.63, 3.8) is 0 Å². The van der Waals surface area contributed by atoms with E-state index in [2.05, 4.69) is 26.1 Å². The molecule has 1 aromatic carbocycles. The molecule has 4 nitrogen and oxygen atoms in total. The maximum absolute atomic E-state index is 13.0. The number of benzene rings is 1. The van der Waals surface area contributed by atoms with Crippen LogP contribution in [0.15, 0.2) is 24.3 Å². The van der Waals surface area contributed by atoms with E-state index in [0.717, 1.165) is 48.2 Å². The molecular formula is C29H43NO3. The molecule has 4 heteroatoms. The Bertz CT molecular complexity index is 881. The fourth-order valence-corrected chi connectivity index (χ4v) is 9.10. The lowest BCUT2D eigenvalue weighted by molar-refractivity contribution is -0.101. The van der Waals surface area contributed by atoms with Gasteiger partial charge in [-0.3, -0.25) is 4.79 Å². The van der Waals surface area contributed by atoms with E-state index in [1.54, 1.807) is 7.11 Å². The van der Waals surface area contributed by atoms with E-state index in [-0.39, 0.29) is 11.9 Å². The van der Waals surface area contributed by atoms with Crippen LogP contribution >= 0.6 is 0 Å². The largest absolute Gasteiger partial charge is 0.497 e. The first-order valence-corrected chi connectivity index (χ1v) is 13.4. The summed E-state index contributed by atoms with van der Waals surface area (Å²) in [5.41, 5.74) is 0.567. The highest BCUT2D eigenvalue weighted by Gasteiger charge is 2.58. The Morgan fingerprint density at radius 3 is 2.64 bits per heavy atom. The van der Waals surface area contributed by atoms with Gasteiger partial charge in [0, 0.05) is 11.6 Å². The number of fused-ring (bicyclic) bond motifs is 5. The van der Waals surface area contributed by atoms with Crippen LogP contribution in [0.1, 0.15) is 88.9 Å². The topological polar surface area (TPSA) is 58.6 Å². The monoisotopic (exact) mass is 453 g/mol. The molecule has 1 amide bonds. The van der Waals surface area contributed by atoms with Gasteiger partial charge in [-0.15, -0.1) is 0 Å². The predicted molar refractivity (Wildman–Crippen MR) is 131 cm³/mol. The Morgan fingerprint density at radius 1 is 1.06 bits per heavy atom. The Hall–Kier alpha value is -1.55. The molecule has 182 valence electrons. The van der Waals surface area contributed by atoms with Gasteiger partial charge < -0.3 is 15.2 Å². The third-order valence-corrected chi connectivity index (χ3v) is 10.6. The number of hydrogen-bond acceptors (Lipinski definition) is 3. The third kappa shape index (κ3) is 4.11. The fourth-order valence-electron chi connectivity index (χ4n) is 9.10. The van der Waals surface area contributed by atoms with Crippen molar-refractivity contribution >= 4 is 5.91 Å². The smallest absolute Gasteiger partial charge is 0.251 e. The molecular weight excluding hydrogens is 410 g/mol. The van der Waals surface area contributed by atoms with Crippen LogP contribution in [0.2, 0.25) is 0 Å². The van der Waals surface area contributed by atoms with E-state index < -0.39 is 5.60 Å². The van der Waals surface area contributed by atoms with E-state index in [4.69, 9.17) is 4.74 Å². The molecule has 0 saturated heterocycles. The number of methoxy groups -OCH3 is 1. The Labute approximate surface area is 199 Å². The molecule has 4 aliphatic carbocycles. The first-order chi connectivity index (χ1) is 15.7. The molecule has 33 heavy (non-hydrogen) atoms. The van der Waals surface area contributed by atoms with Crippen molar-refractivity contribution in [2.75, 3.05) is 7.11 Å². The van der Waals surface area contributed by atoms with Gasteiger partial charge in [-0.25, -0.2) is 0 Å². The fraction of sp³-hybridized carbons (Fsp3) is 0.759. The van der Waals surface area contributed by atoms with Gasteiger partial charge in [0.05, 0.1) is 12.7 Å². The highest BCUT2D eigenvalue weighted by atomic mass is 16.5. The molecule has 1 aromatic rings.